The number of amides is 1. The van der Waals surface area contributed by atoms with Crippen molar-refractivity contribution in [2.45, 2.75) is 65.1 Å². The van der Waals surface area contributed by atoms with Crippen molar-refractivity contribution < 1.29 is 27.4 Å². The van der Waals surface area contributed by atoms with Crippen LogP contribution < -0.4 is 10.6 Å². The summed E-state index contributed by atoms with van der Waals surface area (Å²) in [6.45, 7) is 6.41. The maximum Gasteiger partial charge on any atom is 0.416 e. The number of carbonyl (C=O) groups excluding carboxylic acids is 1. The average molecular weight is 524 g/mol. The second-order valence-electron chi connectivity index (χ2n) is 9.69. The van der Waals surface area contributed by atoms with Crippen LogP contribution in [0.5, 0.6) is 0 Å². The van der Waals surface area contributed by atoms with Crippen molar-refractivity contribution in [3.8, 4) is 0 Å². The SMILES string of the molecule is C.Cc1nc(CC(=O)NC2(C)CCN(C)CC2)c(C2OCCO2)c(NCc2cccc(C(F)(F)F)c2)n1. The molecule has 4 rings (SSSR count). The Bertz CT molecular complexity index is 1080. The second-order valence-corrected chi connectivity index (χ2v) is 9.69. The number of hydrogen-bond donors (Lipinski definition) is 2. The Morgan fingerprint density at radius 2 is 1.86 bits per heavy atom. The van der Waals surface area contributed by atoms with Gasteiger partial charge in [0.25, 0.3) is 0 Å². The smallest absolute Gasteiger partial charge is 0.365 e. The number of benzene rings is 1. The molecule has 2 aliphatic rings. The van der Waals surface area contributed by atoms with E-state index in [1.54, 1.807) is 13.0 Å². The van der Waals surface area contributed by atoms with E-state index in [4.69, 9.17) is 9.47 Å². The van der Waals surface area contributed by atoms with Gasteiger partial charge in [-0.25, -0.2) is 9.97 Å². The van der Waals surface area contributed by atoms with Crippen LogP contribution in [0.2, 0.25) is 0 Å². The van der Waals surface area contributed by atoms with E-state index in [1.165, 1.54) is 6.07 Å². The van der Waals surface area contributed by atoms with Crippen LogP contribution in [0.3, 0.4) is 0 Å². The van der Waals surface area contributed by atoms with Gasteiger partial charge in [0, 0.05) is 25.2 Å². The Kier molecular flexibility index (Phi) is 9.14. The normalized spacial score (nSPS) is 18.3. The first-order valence-corrected chi connectivity index (χ1v) is 12.0. The average Bonchev–Trinajstić information content (AvgIpc) is 3.33. The predicted molar refractivity (Wildman–Crippen MR) is 134 cm³/mol. The van der Waals surface area contributed by atoms with Crippen LogP contribution in [0.1, 0.15) is 61.7 Å². The number of halogens is 3. The molecule has 204 valence electrons. The lowest BCUT2D eigenvalue weighted by Gasteiger charge is -2.38. The van der Waals surface area contributed by atoms with E-state index < -0.39 is 18.0 Å². The number of aromatic nitrogens is 2. The highest BCUT2D eigenvalue weighted by Crippen LogP contribution is 2.33. The van der Waals surface area contributed by atoms with E-state index in [9.17, 15) is 18.0 Å². The van der Waals surface area contributed by atoms with Gasteiger partial charge in [-0.2, -0.15) is 13.2 Å². The predicted octanol–water partition coefficient (Wildman–Crippen LogP) is 4.24. The summed E-state index contributed by atoms with van der Waals surface area (Å²) < 4.78 is 50.8. The minimum Gasteiger partial charge on any atom is -0.365 e. The molecule has 3 heterocycles. The molecule has 8 nitrogen and oxygen atoms in total. The zero-order chi connectivity index (χ0) is 25.9. The molecule has 2 aliphatic heterocycles. The molecule has 1 aromatic carbocycles. The number of nitrogens with one attached hydrogen (secondary N) is 2. The molecule has 11 heteroatoms. The molecule has 1 aromatic heterocycles. The molecule has 2 fully saturated rings. The summed E-state index contributed by atoms with van der Waals surface area (Å²) >= 11 is 0. The molecule has 0 atom stereocenters. The molecular weight excluding hydrogens is 487 g/mol. The summed E-state index contributed by atoms with van der Waals surface area (Å²) in [6, 6.07) is 5.11. The molecule has 0 radical (unpaired) electrons. The van der Waals surface area contributed by atoms with Gasteiger partial charge >= 0.3 is 6.18 Å². The fraction of sp³-hybridized carbons (Fsp3) is 0.577. The van der Waals surface area contributed by atoms with Gasteiger partial charge in [-0.15, -0.1) is 0 Å². The molecule has 0 bridgehead atoms. The molecule has 0 aliphatic carbocycles. The van der Waals surface area contributed by atoms with E-state index in [2.05, 4.69) is 39.5 Å². The molecule has 2 aromatic rings. The highest BCUT2D eigenvalue weighted by atomic mass is 19.4. The Morgan fingerprint density at radius 3 is 2.51 bits per heavy atom. The molecule has 2 saturated heterocycles. The number of nitrogens with zero attached hydrogens (tertiary/aromatic N) is 3. The minimum absolute atomic E-state index is 0. The van der Waals surface area contributed by atoms with Crippen molar-refractivity contribution in [3.05, 3.63) is 52.5 Å². The van der Waals surface area contributed by atoms with E-state index in [-0.39, 0.29) is 31.8 Å². The summed E-state index contributed by atoms with van der Waals surface area (Å²) in [5.41, 5.74) is 0.387. The van der Waals surface area contributed by atoms with Gasteiger partial charge in [0.05, 0.1) is 36.5 Å². The Balaban J connectivity index is 0.00000380. The Morgan fingerprint density at radius 1 is 1.19 bits per heavy atom. The summed E-state index contributed by atoms with van der Waals surface area (Å²) in [7, 11) is 2.06. The fourth-order valence-corrected chi connectivity index (χ4v) is 4.49. The lowest BCUT2D eigenvalue weighted by atomic mass is 9.89. The molecule has 0 spiro atoms. The zero-order valence-corrected chi connectivity index (χ0v) is 20.7. The third kappa shape index (κ3) is 7.39. The minimum atomic E-state index is -4.43. The van der Waals surface area contributed by atoms with Crippen molar-refractivity contribution in [1.29, 1.82) is 0 Å². The van der Waals surface area contributed by atoms with Crippen LogP contribution in [0.15, 0.2) is 24.3 Å². The number of piperidine rings is 1. The van der Waals surface area contributed by atoms with Gasteiger partial charge in [0.2, 0.25) is 5.91 Å². The highest BCUT2D eigenvalue weighted by Gasteiger charge is 2.33. The maximum atomic E-state index is 13.1. The molecule has 2 N–H and O–H groups in total. The first-order valence-electron chi connectivity index (χ1n) is 12.0. The van der Waals surface area contributed by atoms with Crippen LogP contribution in [-0.2, 0) is 33.4 Å². The number of aryl methyl sites for hydroxylation is 1. The van der Waals surface area contributed by atoms with E-state index in [1.807, 2.05) is 0 Å². The Labute approximate surface area is 216 Å². The van der Waals surface area contributed by atoms with Gasteiger partial charge in [-0.05, 0) is 51.4 Å². The standard InChI is InChI=1S/C25H32F3N5O3.CH4/c1-16-30-19(14-20(34)32-24(2)7-9-33(3)10-8-24)21(23-35-11-12-36-23)22(31-16)29-15-17-5-4-6-18(13-17)25(26,27)28;/h4-6,13,23H,7-12,14-15H2,1-3H3,(H,32,34)(H,29,30,31);1H4. The summed E-state index contributed by atoms with van der Waals surface area (Å²) in [4.78, 5) is 24.3. The quantitative estimate of drug-likeness (QED) is 0.561. The number of rotatable bonds is 7. The third-order valence-corrected chi connectivity index (χ3v) is 6.57. The maximum absolute atomic E-state index is 13.1. The highest BCUT2D eigenvalue weighted by molar-refractivity contribution is 5.79. The van der Waals surface area contributed by atoms with Gasteiger partial charge in [0.15, 0.2) is 6.29 Å². The first-order chi connectivity index (χ1) is 17.0. The zero-order valence-electron chi connectivity index (χ0n) is 20.7. The van der Waals surface area contributed by atoms with Crippen molar-refractivity contribution in [2.75, 3.05) is 38.7 Å². The number of anilines is 1. The largest absolute Gasteiger partial charge is 0.416 e. The molecule has 0 saturated carbocycles. The third-order valence-electron chi connectivity index (χ3n) is 6.57. The second kappa shape index (κ2) is 11.7. The van der Waals surface area contributed by atoms with Crippen molar-refractivity contribution in [1.82, 2.24) is 20.2 Å². The topological polar surface area (TPSA) is 88.6 Å². The monoisotopic (exact) mass is 523 g/mol. The summed E-state index contributed by atoms with van der Waals surface area (Å²) in [5, 5.41) is 6.28. The summed E-state index contributed by atoms with van der Waals surface area (Å²) in [6.07, 6.45) is -3.49. The van der Waals surface area contributed by atoms with Crippen LogP contribution in [0.4, 0.5) is 19.0 Å². The van der Waals surface area contributed by atoms with E-state index in [0.717, 1.165) is 38.1 Å². The molecule has 1 amide bonds. The van der Waals surface area contributed by atoms with Gasteiger partial charge in [-0.1, -0.05) is 19.6 Å². The number of alkyl halides is 3. The number of carbonyl (C=O) groups is 1. The lowest BCUT2D eigenvalue weighted by Crippen LogP contribution is -2.53. The number of hydrogen-bond acceptors (Lipinski definition) is 7. The van der Waals surface area contributed by atoms with Crippen molar-refractivity contribution >= 4 is 11.7 Å². The summed E-state index contributed by atoms with van der Waals surface area (Å²) in [5.74, 6) is 0.639. The fourth-order valence-electron chi connectivity index (χ4n) is 4.49. The van der Waals surface area contributed by atoms with E-state index >= 15 is 0 Å². The first kappa shape index (κ1) is 28.8. The number of ether oxygens (including phenoxy) is 2. The van der Waals surface area contributed by atoms with Crippen molar-refractivity contribution in [3.63, 3.8) is 0 Å². The van der Waals surface area contributed by atoms with Crippen LogP contribution >= 0.6 is 0 Å². The lowest BCUT2D eigenvalue weighted by molar-refractivity contribution is -0.137. The van der Waals surface area contributed by atoms with Crippen LogP contribution in [-0.4, -0.2) is 59.7 Å². The van der Waals surface area contributed by atoms with Gasteiger partial charge < -0.3 is 25.0 Å². The Hall–Kier alpha value is -2.76. The number of likely N-dealkylation sites (tertiary alicyclic amines) is 1. The van der Waals surface area contributed by atoms with Crippen LogP contribution in [0.25, 0.3) is 0 Å². The van der Waals surface area contributed by atoms with Crippen LogP contribution in [0, 0.1) is 6.92 Å². The van der Waals surface area contributed by atoms with Crippen molar-refractivity contribution in [2.24, 2.45) is 0 Å². The van der Waals surface area contributed by atoms with Gasteiger partial charge in [-0.3, -0.25) is 4.79 Å². The molecule has 0 unspecified atom stereocenters. The van der Waals surface area contributed by atoms with E-state index in [0.29, 0.717) is 41.7 Å². The molecular formula is C26H36F3N5O3. The van der Waals surface area contributed by atoms with Gasteiger partial charge in [0.1, 0.15) is 11.6 Å². The molecule has 37 heavy (non-hydrogen) atoms.